The Bertz CT molecular complexity index is 2000. The van der Waals surface area contributed by atoms with E-state index in [1.807, 2.05) is 0 Å². The molecule has 0 unspecified atom stereocenters. The van der Waals surface area contributed by atoms with Crippen LogP contribution in [0.2, 0.25) is 0 Å². The number of fused-ring (bicyclic) bond motifs is 3. The molecule has 2 aliphatic carbocycles. The topological polar surface area (TPSA) is 365 Å². The van der Waals surface area contributed by atoms with Crippen molar-refractivity contribution in [3.63, 3.8) is 0 Å². The molecule has 0 bridgehead atoms. The number of nitrogens with two attached hydrogens (primary N) is 2. The second-order valence-electron chi connectivity index (χ2n) is 14.1. The number of ether oxygens (including phenoxy) is 3. The Morgan fingerprint density at radius 3 is 2.31 bits per heavy atom. The number of carbonyl (C=O) groups excluding carboxylic acids is 5. The molecule has 0 spiro atoms. The molecule has 22 heteroatoms. The average molecular weight is 851 g/mol. The Hall–Kier alpha value is -5.20. The van der Waals surface area contributed by atoms with Gasteiger partial charge in [-0.2, -0.15) is 12.6 Å². The normalized spacial score (nSPS) is 24.2. The first-order valence-corrected chi connectivity index (χ1v) is 18.7. The van der Waals surface area contributed by atoms with Crippen molar-refractivity contribution in [1.29, 1.82) is 0 Å². The van der Waals surface area contributed by atoms with Crippen LogP contribution < -0.4 is 26.8 Å². The molecule has 0 aromatic heterocycles. The fourth-order valence-corrected chi connectivity index (χ4v) is 7.16. The Morgan fingerprint density at radius 1 is 1.07 bits per heavy atom. The Morgan fingerprint density at radius 2 is 1.73 bits per heavy atom. The van der Waals surface area contributed by atoms with E-state index in [-0.39, 0.29) is 53.0 Å². The van der Waals surface area contributed by atoms with Crippen molar-refractivity contribution in [2.75, 3.05) is 26.0 Å². The number of nitrogens with one attached hydrogen (secondary N) is 2. The third kappa shape index (κ3) is 9.99. The van der Waals surface area contributed by atoms with Crippen molar-refractivity contribution in [2.24, 2.45) is 11.5 Å². The van der Waals surface area contributed by atoms with E-state index in [9.17, 15) is 59.1 Å². The minimum absolute atomic E-state index is 0.0173. The van der Waals surface area contributed by atoms with Gasteiger partial charge in [-0.3, -0.25) is 33.6 Å². The number of thiol groups is 1. The van der Waals surface area contributed by atoms with Gasteiger partial charge in [0.15, 0.2) is 17.9 Å². The highest BCUT2D eigenvalue weighted by Gasteiger charge is 2.50. The number of carbonyl (C=O) groups is 7. The van der Waals surface area contributed by atoms with Gasteiger partial charge in [0.25, 0.3) is 0 Å². The molecule has 59 heavy (non-hydrogen) atoms. The third-order valence-corrected chi connectivity index (χ3v) is 10.4. The van der Waals surface area contributed by atoms with Crippen molar-refractivity contribution in [3.8, 4) is 17.2 Å². The lowest BCUT2D eigenvalue weighted by molar-refractivity contribution is -0.247. The molecule has 2 aromatic carbocycles. The number of benzene rings is 2. The number of carboxylic acids is 2. The molecule has 8 atom stereocenters. The summed E-state index contributed by atoms with van der Waals surface area (Å²) in [7, 11) is 1.32. The number of Topliss-reactive ketones (excluding diaryl/α,β-unsaturated/α-hetero) is 1. The van der Waals surface area contributed by atoms with Crippen molar-refractivity contribution < 1.29 is 83.5 Å². The van der Waals surface area contributed by atoms with Crippen molar-refractivity contribution in [3.05, 3.63) is 51.6 Å². The van der Waals surface area contributed by atoms with E-state index in [4.69, 9.17) is 35.9 Å². The van der Waals surface area contributed by atoms with Gasteiger partial charge in [-0.05, 0) is 19.4 Å². The second-order valence-corrected chi connectivity index (χ2v) is 14.4. The summed E-state index contributed by atoms with van der Waals surface area (Å²) < 4.78 is 17.0. The third-order valence-electron chi connectivity index (χ3n) is 10.1. The molecule has 2 amide bonds. The molecule has 0 saturated carbocycles. The molecule has 2 aromatic rings. The minimum atomic E-state index is -2.24. The van der Waals surface area contributed by atoms with Gasteiger partial charge in [0.1, 0.15) is 48.1 Å². The van der Waals surface area contributed by atoms with Gasteiger partial charge < -0.3 is 72.1 Å². The van der Waals surface area contributed by atoms with Crippen molar-refractivity contribution in [1.82, 2.24) is 10.6 Å². The quantitative estimate of drug-likeness (QED) is 0.0604. The standard InChI is InChI=1S/C27H29NO11.C10H17N3O6S/c1-10-22(31)13(28)6-17(38-10)39-15-8-27(36,16(30)9-29)7-12-19(15)26(35)21-20(24(12)33)23(32)11-4-3-5-14(37-2)18(11)25(21)34;11-5(10(18)19)1-2-7(14)13-6(4-20)9(17)12-3-8(15)16/h3-5,10,13,15,17,22,29,31,33,35-36H,6-9,28H2,1-2H3;5-6,20H,1-4,11H2,(H,12,17)(H,13,14)(H,15,16)(H,18,19)/t10-,13-,15-,17-,22+,27-;5-,6-/m00/s1. The van der Waals surface area contributed by atoms with Crippen LogP contribution in [0.5, 0.6) is 17.2 Å². The molecule has 322 valence electrons. The smallest absolute Gasteiger partial charge is 0.322 e. The summed E-state index contributed by atoms with van der Waals surface area (Å²) in [6.45, 7) is -0.00694. The summed E-state index contributed by atoms with van der Waals surface area (Å²) in [6.07, 6.45) is -5.36. The van der Waals surface area contributed by atoms with Crippen LogP contribution in [0, 0.1) is 0 Å². The molecule has 1 saturated heterocycles. The highest BCUT2D eigenvalue weighted by Crippen LogP contribution is 2.52. The summed E-state index contributed by atoms with van der Waals surface area (Å²) >= 11 is 3.87. The molecule has 13 N–H and O–H groups in total. The first-order chi connectivity index (χ1) is 27.7. The number of aliphatic hydroxyl groups excluding tert-OH is 2. The maximum absolute atomic E-state index is 13.6. The number of phenolic OH excluding ortho intramolecular Hbond substituents is 2. The molecule has 3 aliphatic rings. The first-order valence-electron chi connectivity index (χ1n) is 18.1. The number of aliphatic hydroxyl groups is 3. The molecule has 1 heterocycles. The van der Waals surface area contributed by atoms with Crippen LogP contribution >= 0.6 is 12.6 Å². The zero-order valence-electron chi connectivity index (χ0n) is 31.7. The monoisotopic (exact) mass is 850 g/mol. The summed E-state index contributed by atoms with van der Waals surface area (Å²) in [5.41, 5.74) is 7.60. The van der Waals surface area contributed by atoms with Crippen LogP contribution in [-0.2, 0) is 39.9 Å². The van der Waals surface area contributed by atoms with E-state index >= 15 is 0 Å². The zero-order chi connectivity index (χ0) is 44.1. The van der Waals surface area contributed by atoms with Gasteiger partial charge in [0.2, 0.25) is 17.6 Å². The van der Waals surface area contributed by atoms with Crippen LogP contribution in [0.3, 0.4) is 0 Å². The second kappa shape index (κ2) is 19.2. The largest absolute Gasteiger partial charge is 0.507 e. The Labute approximate surface area is 341 Å². The van der Waals surface area contributed by atoms with Gasteiger partial charge in [-0.15, -0.1) is 0 Å². The Kier molecular flexibility index (Phi) is 15.2. The fraction of sp³-hybridized carbons (Fsp3) is 0.486. The van der Waals surface area contributed by atoms with E-state index in [1.165, 1.54) is 25.3 Å². The molecule has 1 aliphatic heterocycles. The van der Waals surface area contributed by atoms with E-state index in [1.54, 1.807) is 6.92 Å². The molecule has 21 nitrogen and oxygen atoms in total. The summed E-state index contributed by atoms with van der Waals surface area (Å²) in [5.74, 6) is -7.48. The predicted octanol–water partition coefficient (Wildman–Crippen LogP) is -2.20. The number of phenols is 2. The minimum Gasteiger partial charge on any atom is -0.507 e. The number of hydrogen-bond donors (Lipinski definition) is 12. The molecule has 5 rings (SSSR count). The van der Waals surface area contributed by atoms with Gasteiger partial charge in [0, 0.05) is 54.2 Å². The van der Waals surface area contributed by atoms with Crippen LogP contribution in [-0.4, -0.2) is 145 Å². The van der Waals surface area contributed by atoms with Crippen LogP contribution in [0.4, 0.5) is 0 Å². The lowest BCUT2D eigenvalue weighted by Crippen LogP contribution is -2.53. The number of carboxylic acid groups (broad SMARTS) is 2. The van der Waals surface area contributed by atoms with Crippen molar-refractivity contribution in [2.45, 2.75) is 87.4 Å². The number of aliphatic carboxylic acids is 2. The number of methoxy groups -OCH3 is 1. The maximum atomic E-state index is 13.6. The molecule has 1 fully saturated rings. The van der Waals surface area contributed by atoms with Gasteiger partial charge in [-0.25, -0.2) is 0 Å². The van der Waals surface area contributed by atoms with E-state index < -0.39 is 138 Å². The summed E-state index contributed by atoms with van der Waals surface area (Å²) in [6, 6.07) is 1.48. The number of hydrogen-bond acceptors (Lipinski definition) is 18. The van der Waals surface area contributed by atoms with Gasteiger partial charge in [0.05, 0.1) is 42.1 Å². The number of ketones is 3. The van der Waals surface area contributed by atoms with Gasteiger partial charge >= 0.3 is 11.9 Å². The summed E-state index contributed by atoms with van der Waals surface area (Å²) in [5, 5.41) is 75.1. The van der Waals surface area contributed by atoms with E-state index in [0.717, 1.165) is 0 Å². The number of rotatable bonds is 14. The predicted molar refractivity (Wildman–Crippen MR) is 203 cm³/mol. The lowest BCUT2D eigenvalue weighted by atomic mass is 9.72. The van der Waals surface area contributed by atoms with Gasteiger partial charge in [-0.1, -0.05) is 12.1 Å². The van der Waals surface area contributed by atoms with Crippen LogP contribution in [0.25, 0.3) is 0 Å². The highest BCUT2D eigenvalue weighted by molar-refractivity contribution is 7.80. The van der Waals surface area contributed by atoms with E-state index in [0.29, 0.717) is 0 Å². The number of amides is 2. The molecule has 0 radical (unpaired) electrons. The summed E-state index contributed by atoms with van der Waals surface area (Å²) in [4.78, 5) is 83.5. The maximum Gasteiger partial charge on any atom is 0.322 e. The lowest BCUT2D eigenvalue weighted by Gasteiger charge is -2.42. The van der Waals surface area contributed by atoms with E-state index in [2.05, 4.69) is 23.3 Å². The van der Waals surface area contributed by atoms with Crippen LogP contribution in [0.15, 0.2) is 18.2 Å². The van der Waals surface area contributed by atoms with Crippen LogP contribution in [0.1, 0.15) is 81.7 Å². The SMILES string of the molecule is COc1cccc2c1C(=O)c1c(O)c3c(c(O)c1C2=O)C[C@@](O)(C(=O)CO)C[C@@H]3O[C@H]1C[C@H](N)[C@H](O)[C@H](C)O1.N[C@@H](CCC(=O)N[C@@H](CS)C(=O)NCC(=O)O)C(=O)O. The number of aromatic hydroxyl groups is 2. The zero-order valence-corrected chi connectivity index (χ0v) is 32.6. The Balaban J connectivity index is 0.000000327. The fourth-order valence-electron chi connectivity index (χ4n) is 6.91. The van der Waals surface area contributed by atoms with Crippen molar-refractivity contribution >= 4 is 53.7 Å². The molecular formula is C37H46N4O17S. The highest BCUT2D eigenvalue weighted by atomic mass is 32.1. The first kappa shape index (κ1) is 46.5. The average Bonchev–Trinajstić information content (AvgIpc) is 3.19. The molecular weight excluding hydrogens is 804 g/mol.